The number of aliphatic hydroxyl groups excluding tert-OH is 1. The summed E-state index contributed by atoms with van der Waals surface area (Å²) in [6.45, 7) is 2.82. The number of hydrogen-bond donors (Lipinski definition) is 3. The van der Waals surface area contributed by atoms with E-state index >= 15 is 0 Å². The maximum absolute atomic E-state index is 8.84. The van der Waals surface area contributed by atoms with Crippen molar-refractivity contribution in [1.82, 2.24) is 10.6 Å². The van der Waals surface area contributed by atoms with E-state index < -0.39 is 0 Å². The number of benzene rings is 1. The average Bonchev–Trinajstić information content (AvgIpc) is 2.52. The third-order valence-electron chi connectivity index (χ3n) is 3.50. The first-order valence-electron chi connectivity index (χ1n) is 7.98. The van der Waals surface area contributed by atoms with Crippen LogP contribution in [-0.2, 0) is 0 Å². The third kappa shape index (κ3) is 8.02. The molecular formula is C17H28N2OS. The van der Waals surface area contributed by atoms with Crippen LogP contribution >= 0.6 is 12.2 Å². The smallest absolute Gasteiger partial charge is 0.166 e. The molecule has 0 aliphatic heterocycles. The highest BCUT2D eigenvalue weighted by Crippen LogP contribution is 2.20. The lowest BCUT2D eigenvalue weighted by atomic mass is 10.00. The van der Waals surface area contributed by atoms with Gasteiger partial charge in [0.15, 0.2) is 5.11 Å². The molecule has 1 rings (SSSR count). The highest BCUT2D eigenvalue weighted by molar-refractivity contribution is 7.80. The molecule has 1 aromatic carbocycles. The summed E-state index contributed by atoms with van der Waals surface area (Å²) < 4.78 is 0. The van der Waals surface area contributed by atoms with E-state index in [1.165, 1.54) is 37.7 Å². The van der Waals surface area contributed by atoms with Gasteiger partial charge in [-0.1, -0.05) is 69.4 Å². The molecule has 1 unspecified atom stereocenters. The van der Waals surface area contributed by atoms with Gasteiger partial charge in [0.1, 0.15) is 0 Å². The number of aliphatic hydroxyl groups is 1. The van der Waals surface area contributed by atoms with E-state index in [9.17, 15) is 0 Å². The summed E-state index contributed by atoms with van der Waals surface area (Å²) >= 11 is 5.28. The molecule has 0 saturated heterocycles. The van der Waals surface area contributed by atoms with Crippen LogP contribution in [0.1, 0.15) is 57.1 Å². The van der Waals surface area contributed by atoms with Gasteiger partial charge >= 0.3 is 0 Å². The van der Waals surface area contributed by atoms with Gasteiger partial charge < -0.3 is 15.7 Å². The van der Waals surface area contributed by atoms with Crippen LogP contribution in [0.3, 0.4) is 0 Å². The second-order valence-corrected chi connectivity index (χ2v) is 5.70. The third-order valence-corrected chi connectivity index (χ3v) is 3.76. The van der Waals surface area contributed by atoms with Gasteiger partial charge in [-0.25, -0.2) is 0 Å². The number of thiocarbonyl (C=S) groups is 1. The minimum Gasteiger partial charge on any atom is -0.395 e. The zero-order valence-corrected chi connectivity index (χ0v) is 13.8. The Balaban J connectivity index is 2.48. The van der Waals surface area contributed by atoms with Crippen molar-refractivity contribution in [2.45, 2.75) is 51.5 Å². The summed E-state index contributed by atoms with van der Waals surface area (Å²) in [5, 5.41) is 15.8. The van der Waals surface area contributed by atoms with E-state index in [0.717, 1.165) is 6.42 Å². The molecule has 0 heterocycles. The molecule has 0 bridgehead atoms. The summed E-state index contributed by atoms with van der Waals surface area (Å²) in [5.74, 6) is 0. The molecule has 0 fully saturated rings. The van der Waals surface area contributed by atoms with E-state index in [1.807, 2.05) is 6.07 Å². The fourth-order valence-corrected chi connectivity index (χ4v) is 2.58. The molecule has 3 N–H and O–H groups in total. The van der Waals surface area contributed by atoms with Crippen molar-refractivity contribution < 1.29 is 5.11 Å². The Labute approximate surface area is 134 Å². The van der Waals surface area contributed by atoms with Crippen molar-refractivity contribution in [1.29, 1.82) is 0 Å². The van der Waals surface area contributed by atoms with Gasteiger partial charge in [-0.3, -0.25) is 0 Å². The molecule has 0 saturated carbocycles. The molecule has 0 spiro atoms. The molecule has 0 aromatic heterocycles. The van der Waals surface area contributed by atoms with E-state index in [4.69, 9.17) is 17.3 Å². The van der Waals surface area contributed by atoms with Crippen molar-refractivity contribution in [3.63, 3.8) is 0 Å². The van der Waals surface area contributed by atoms with Crippen LogP contribution in [-0.4, -0.2) is 23.4 Å². The topological polar surface area (TPSA) is 44.3 Å². The Hall–Kier alpha value is -1.13. The van der Waals surface area contributed by atoms with Crippen molar-refractivity contribution >= 4 is 17.3 Å². The number of unbranched alkanes of at least 4 members (excludes halogenated alkanes) is 4. The maximum Gasteiger partial charge on any atom is 0.166 e. The first-order chi connectivity index (χ1) is 10.3. The van der Waals surface area contributed by atoms with E-state index in [0.29, 0.717) is 11.7 Å². The highest BCUT2D eigenvalue weighted by Gasteiger charge is 2.11. The minimum absolute atomic E-state index is 0.0921. The summed E-state index contributed by atoms with van der Waals surface area (Å²) in [7, 11) is 0. The van der Waals surface area contributed by atoms with E-state index in [2.05, 4.69) is 41.8 Å². The van der Waals surface area contributed by atoms with Crippen LogP contribution in [0.5, 0.6) is 0 Å². The predicted molar refractivity (Wildman–Crippen MR) is 93.4 cm³/mol. The average molecular weight is 308 g/mol. The highest BCUT2D eigenvalue weighted by atomic mass is 32.1. The standard InChI is InChI=1S/C17H28N2OS/c1-2-3-4-5-9-12-16(15-10-7-6-8-11-15)19-17(21)18-13-14-20/h6-8,10-11,16,20H,2-5,9,12-14H2,1H3,(H2,18,19,21). The first kappa shape index (κ1) is 17.9. The fourth-order valence-electron chi connectivity index (χ4n) is 2.34. The van der Waals surface area contributed by atoms with Gasteiger partial charge in [0.05, 0.1) is 12.6 Å². The van der Waals surface area contributed by atoms with Gasteiger partial charge in [-0.2, -0.15) is 0 Å². The lowest BCUT2D eigenvalue weighted by Crippen LogP contribution is -2.39. The van der Waals surface area contributed by atoms with E-state index in [-0.39, 0.29) is 12.6 Å². The maximum atomic E-state index is 8.84. The molecule has 1 atom stereocenters. The SMILES string of the molecule is CCCCCCCC(NC(=S)NCCO)c1ccccc1. The quantitative estimate of drug-likeness (QED) is 0.457. The molecular weight excluding hydrogens is 280 g/mol. The molecule has 0 aliphatic rings. The van der Waals surface area contributed by atoms with Gasteiger partial charge in [0.25, 0.3) is 0 Å². The molecule has 4 heteroatoms. The van der Waals surface area contributed by atoms with Gasteiger partial charge in [-0.15, -0.1) is 0 Å². The van der Waals surface area contributed by atoms with Crippen LogP contribution in [0, 0.1) is 0 Å². The molecule has 0 aliphatic carbocycles. The van der Waals surface area contributed by atoms with Crippen molar-refractivity contribution in [2.24, 2.45) is 0 Å². The Bertz CT molecular complexity index is 384. The second kappa shape index (κ2) is 11.5. The Kier molecular flexibility index (Phi) is 9.83. The van der Waals surface area contributed by atoms with Crippen molar-refractivity contribution in [3.8, 4) is 0 Å². The summed E-state index contributed by atoms with van der Waals surface area (Å²) in [6, 6.07) is 10.7. The van der Waals surface area contributed by atoms with Gasteiger partial charge in [0.2, 0.25) is 0 Å². The summed E-state index contributed by atoms with van der Waals surface area (Å²) in [4.78, 5) is 0. The monoisotopic (exact) mass is 308 g/mol. The van der Waals surface area contributed by atoms with Crippen LogP contribution in [0.4, 0.5) is 0 Å². The lowest BCUT2D eigenvalue weighted by Gasteiger charge is -2.21. The number of rotatable bonds is 10. The molecule has 1 aromatic rings. The molecule has 0 amide bonds. The summed E-state index contributed by atoms with van der Waals surface area (Å²) in [6.07, 6.45) is 7.46. The van der Waals surface area contributed by atoms with Crippen molar-refractivity contribution in [3.05, 3.63) is 35.9 Å². The molecule has 0 radical (unpaired) electrons. The van der Waals surface area contributed by atoms with E-state index in [1.54, 1.807) is 0 Å². The van der Waals surface area contributed by atoms with Gasteiger partial charge in [-0.05, 0) is 24.2 Å². The van der Waals surface area contributed by atoms with Gasteiger partial charge in [0, 0.05) is 6.54 Å². The zero-order chi connectivity index (χ0) is 15.3. The minimum atomic E-state index is 0.0921. The van der Waals surface area contributed by atoms with Crippen LogP contribution in [0.2, 0.25) is 0 Å². The number of nitrogens with one attached hydrogen (secondary N) is 2. The van der Waals surface area contributed by atoms with Crippen molar-refractivity contribution in [2.75, 3.05) is 13.2 Å². The summed E-state index contributed by atoms with van der Waals surface area (Å²) in [5.41, 5.74) is 1.26. The normalized spacial score (nSPS) is 11.9. The first-order valence-corrected chi connectivity index (χ1v) is 8.39. The Morgan fingerprint density at radius 2 is 1.86 bits per heavy atom. The molecule has 118 valence electrons. The largest absolute Gasteiger partial charge is 0.395 e. The fraction of sp³-hybridized carbons (Fsp3) is 0.588. The molecule has 21 heavy (non-hydrogen) atoms. The molecule has 3 nitrogen and oxygen atoms in total. The predicted octanol–water partition coefficient (Wildman–Crippen LogP) is 3.54. The Morgan fingerprint density at radius 3 is 2.52 bits per heavy atom. The lowest BCUT2D eigenvalue weighted by molar-refractivity contribution is 0.300. The zero-order valence-electron chi connectivity index (χ0n) is 13.0. The second-order valence-electron chi connectivity index (χ2n) is 5.29. The number of hydrogen-bond acceptors (Lipinski definition) is 2. The van der Waals surface area contributed by atoms with Crippen LogP contribution in [0.15, 0.2) is 30.3 Å². The van der Waals surface area contributed by atoms with Crippen LogP contribution < -0.4 is 10.6 Å². The Morgan fingerprint density at radius 1 is 1.14 bits per heavy atom. The van der Waals surface area contributed by atoms with Crippen LogP contribution in [0.25, 0.3) is 0 Å².